The van der Waals surface area contributed by atoms with Crippen LogP contribution in [-0.2, 0) is 6.18 Å². The molecule has 0 aliphatic carbocycles. The van der Waals surface area contributed by atoms with Crippen LogP contribution >= 0.6 is 0 Å². The fourth-order valence-electron chi connectivity index (χ4n) is 3.85. The number of halogens is 4. The second-order valence-electron chi connectivity index (χ2n) is 8.02. The van der Waals surface area contributed by atoms with Crippen molar-refractivity contribution < 1.29 is 32.3 Å². The van der Waals surface area contributed by atoms with Crippen LogP contribution in [0, 0.1) is 5.82 Å². The van der Waals surface area contributed by atoms with Crippen LogP contribution < -0.4 is 15.1 Å². The van der Waals surface area contributed by atoms with Gasteiger partial charge in [-0.2, -0.15) is 13.2 Å². The number of benzene rings is 3. The van der Waals surface area contributed by atoms with Gasteiger partial charge in [0.2, 0.25) is 0 Å². The van der Waals surface area contributed by atoms with Gasteiger partial charge >= 0.3 is 12.1 Å². The Balaban J connectivity index is 1.37. The van der Waals surface area contributed by atoms with E-state index in [4.69, 9.17) is 5.11 Å². The number of hydrogen-bond acceptors (Lipinski definition) is 4. The summed E-state index contributed by atoms with van der Waals surface area (Å²) in [6, 6.07) is 15.1. The van der Waals surface area contributed by atoms with Gasteiger partial charge < -0.3 is 20.2 Å². The number of carboxylic acids is 1. The van der Waals surface area contributed by atoms with Crippen LogP contribution in [0.3, 0.4) is 0 Å². The van der Waals surface area contributed by atoms with Crippen molar-refractivity contribution in [2.24, 2.45) is 0 Å². The standard InChI is InChI=1S/C25H21F4N3O3/c26-21-10-5-18(25(27,28)29)15-22(21)30-23(33)16-1-6-19(7-2-16)31-11-13-32(14-12-31)20-8-3-17(4-9-20)24(34)35/h1-10,15H,11-14H2,(H,30,33)(H,34,35). The highest BCUT2D eigenvalue weighted by atomic mass is 19.4. The molecule has 3 aromatic rings. The molecule has 1 saturated heterocycles. The van der Waals surface area contributed by atoms with Crippen LogP contribution in [0.4, 0.5) is 34.6 Å². The summed E-state index contributed by atoms with van der Waals surface area (Å²) in [5, 5.41) is 11.2. The molecule has 0 atom stereocenters. The van der Waals surface area contributed by atoms with Gasteiger partial charge in [-0.3, -0.25) is 4.79 Å². The summed E-state index contributed by atoms with van der Waals surface area (Å²) < 4.78 is 52.6. The Bertz CT molecular complexity index is 1220. The molecule has 0 saturated carbocycles. The molecular weight excluding hydrogens is 466 g/mol. The quantitative estimate of drug-likeness (QED) is 0.489. The van der Waals surface area contributed by atoms with Crippen molar-refractivity contribution in [1.82, 2.24) is 0 Å². The molecule has 4 rings (SSSR count). The van der Waals surface area contributed by atoms with Gasteiger partial charge in [0.15, 0.2) is 0 Å². The van der Waals surface area contributed by atoms with Gasteiger partial charge in [-0.15, -0.1) is 0 Å². The van der Waals surface area contributed by atoms with E-state index in [0.717, 1.165) is 11.4 Å². The number of aromatic carboxylic acids is 1. The zero-order valence-electron chi connectivity index (χ0n) is 18.3. The Hall–Kier alpha value is -4.08. The molecule has 1 amide bonds. The van der Waals surface area contributed by atoms with Crippen LogP contribution in [0.15, 0.2) is 66.7 Å². The van der Waals surface area contributed by atoms with Gasteiger partial charge in [0, 0.05) is 43.1 Å². The zero-order valence-corrected chi connectivity index (χ0v) is 18.3. The number of alkyl halides is 3. The maximum absolute atomic E-state index is 13.9. The largest absolute Gasteiger partial charge is 0.478 e. The Morgan fingerprint density at radius 3 is 1.71 bits per heavy atom. The molecule has 0 bridgehead atoms. The predicted molar refractivity (Wildman–Crippen MR) is 124 cm³/mol. The number of piperazine rings is 1. The highest BCUT2D eigenvalue weighted by Gasteiger charge is 2.31. The highest BCUT2D eigenvalue weighted by molar-refractivity contribution is 6.04. The molecule has 0 aromatic heterocycles. The van der Waals surface area contributed by atoms with Crippen molar-refractivity contribution in [1.29, 1.82) is 0 Å². The molecule has 0 radical (unpaired) electrons. The number of carbonyl (C=O) groups is 2. The Morgan fingerprint density at radius 1 is 0.771 bits per heavy atom. The number of anilines is 3. The third-order valence-corrected chi connectivity index (χ3v) is 5.80. The van der Waals surface area contributed by atoms with Crippen molar-refractivity contribution in [3.05, 3.63) is 89.2 Å². The number of nitrogens with one attached hydrogen (secondary N) is 1. The van der Waals surface area contributed by atoms with Gasteiger partial charge in [0.1, 0.15) is 5.82 Å². The number of carboxylic acid groups (broad SMARTS) is 1. The first-order valence-electron chi connectivity index (χ1n) is 10.7. The predicted octanol–water partition coefficient (Wildman–Crippen LogP) is 5.12. The van der Waals surface area contributed by atoms with Crippen molar-refractivity contribution in [3.63, 3.8) is 0 Å². The lowest BCUT2D eigenvalue weighted by Gasteiger charge is -2.37. The Labute approximate surface area is 198 Å². The maximum atomic E-state index is 13.9. The summed E-state index contributed by atoms with van der Waals surface area (Å²) in [6.45, 7) is 2.82. The summed E-state index contributed by atoms with van der Waals surface area (Å²) >= 11 is 0. The molecule has 10 heteroatoms. The van der Waals surface area contributed by atoms with Crippen LogP contribution in [-0.4, -0.2) is 43.2 Å². The number of nitrogens with zero attached hydrogens (tertiary/aromatic N) is 2. The van der Waals surface area contributed by atoms with Crippen LogP contribution in [0.25, 0.3) is 0 Å². The van der Waals surface area contributed by atoms with Gasteiger partial charge in [0.05, 0.1) is 16.8 Å². The average Bonchev–Trinajstić information content (AvgIpc) is 2.85. The number of hydrogen-bond donors (Lipinski definition) is 2. The van der Waals surface area contributed by atoms with E-state index in [2.05, 4.69) is 15.1 Å². The van der Waals surface area contributed by atoms with Crippen LogP contribution in [0.5, 0.6) is 0 Å². The van der Waals surface area contributed by atoms with Crippen molar-refractivity contribution in [2.45, 2.75) is 6.18 Å². The number of carbonyl (C=O) groups excluding carboxylic acids is 1. The molecule has 3 aromatic carbocycles. The minimum Gasteiger partial charge on any atom is -0.478 e. The van der Waals surface area contributed by atoms with Gasteiger partial charge in [0.25, 0.3) is 5.91 Å². The van der Waals surface area contributed by atoms with Crippen LogP contribution in [0.2, 0.25) is 0 Å². The topological polar surface area (TPSA) is 72.9 Å². The zero-order chi connectivity index (χ0) is 25.2. The molecule has 2 N–H and O–H groups in total. The summed E-state index contributed by atoms with van der Waals surface area (Å²) in [4.78, 5) is 27.7. The van der Waals surface area contributed by atoms with Gasteiger partial charge in [-0.05, 0) is 66.7 Å². The van der Waals surface area contributed by atoms with E-state index in [1.165, 1.54) is 12.1 Å². The lowest BCUT2D eigenvalue weighted by atomic mass is 10.1. The summed E-state index contributed by atoms with van der Waals surface area (Å²) in [7, 11) is 0. The van der Waals surface area contributed by atoms with E-state index in [1.807, 2.05) is 0 Å². The first kappa shape index (κ1) is 24.1. The van der Waals surface area contributed by atoms with Crippen molar-refractivity contribution in [2.75, 3.05) is 41.3 Å². The normalized spacial score (nSPS) is 14.1. The number of rotatable bonds is 5. The smallest absolute Gasteiger partial charge is 0.416 e. The fraction of sp³-hybridized carbons (Fsp3) is 0.200. The fourth-order valence-corrected chi connectivity index (χ4v) is 3.85. The van der Waals surface area contributed by atoms with E-state index in [0.29, 0.717) is 44.4 Å². The molecule has 1 aliphatic rings. The molecule has 182 valence electrons. The first-order valence-corrected chi connectivity index (χ1v) is 10.7. The SMILES string of the molecule is O=C(O)c1ccc(N2CCN(c3ccc(C(=O)Nc4cc(C(F)(F)F)ccc4F)cc3)CC2)cc1. The molecule has 6 nitrogen and oxygen atoms in total. The first-order chi connectivity index (χ1) is 16.6. The molecule has 0 spiro atoms. The second kappa shape index (κ2) is 9.65. The maximum Gasteiger partial charge on any atom is 0.416 e. The van der Waals surface area contributed by atoms with Gasteiger partial charge in [-0.25, -0.2) is 9.18 Å². The minimum atomic E-state index is -4.65. The third-order valence-electron chi connectivity index (χ3n) is 5.80. The van der Waals surface area contributed by atoms with E-state index in [1.54, 1.807) is 36.4 Å². The lowest BCUT2D eigenvalue weighted by Crippen LogP contribution is -2.46. The second-order valence-corrected chi connectivity index (χ2v) is 8.02. The van der Waals surface area contributed by atoms with Crippen molar-refractivity contribution in [3.8, 4) is 0 Å². The van der Waals surface area contributed by atoms with Crippen LogP contribution in [0.1, 0.15) is 26.3 Å². The minimum absolute atomic E-state index is 0.183. The van der Waals surface area contributed by atoms with E-state index < -0.39 is 35.1 Å². The Morgan fingerprint density at radius 2 is 1.26 bits per heavy atom. The Kier molecular flexibility index (Phi) is 6.63. The molecule has 1 heterocycles. The van der Waals surface area contributed by atoms with Crippen molar-refractivity contribution >= 4 is 28.9 Å². The lowest BCUT2D eigenvalue weighted by molar-refractivity contribution is -0.137. The third kappa shape index (κ3) is 5.53. The number of amides is 1. The van der Waals surface area contributed by atoms with Gasteiger partial charge in [-0.1, -0.05) is 0 Å². The van der Waals surface area contributed by atoms with E-state index >= 15 is 0 Å². The molecular formula is C25H21F4N3O3. The van der Waals surface area contributed by atoms with E-state index in [-0.39, 0.29) is 11.1 Å². The average molecular weight is 487 g/mol. The molecule has 0 unspecified atom stereocenters. The summed E-state index contributed by atoms with van der Waals surface area (Å²) in [6.07, 6.45) is -4.65. The highest BCUT2D eigenvalue weighted by Crippen LogP contribution is 2.32. The summed E-state index contributed by atoms with van der Waals surface area (Å²) in [5.74, 6) is -2.65. The summed E-state index contributed by atoms with van der Waals surface area (Å²) in [5.41, 5.74) is 0.620. The monoisotopic (exact) mass is 487 g/mol. The molecule has 1 fully saturated rings. The molecule has 1 aliphatic heterocycles. The molecule has 35 heavy (non-hydrogen) atoms. The van der Waals surface area contributed by atoms with E-state index in [9.17, 15) is 27.2 Å².